The van der Waals surface area contributed by atoms with Crippen molar-refractivity contribution in [2.24, 2.45) is 5.73 Å². The molecule has 0 bridgehead atoms. The molecule has 0 radical (unpaired) electrons. The van der Waals surface area contributed by atoms with Gasteiger partial charge >= 0.3 is 5.69 Å². The third-order valence-electron chi connectivity index (χ3n) is 2.64. The van der Waals surface area contributed by atoms with Crippen molar-refractivity contribution in [3.8, 4) is 5.75 Å². The molecule has 0 fully saturated rings. The number of ether oxygens (including phenoxy) is 1. The van der Waals surface area contributed by atoms with E-state index in [0.717, 1.165) is 0 Å². The number of para-hydroxylation sites is 1. The first-order valence-corrected chi connectivity index (χ1v) is 4.96. The fraction of sp³-hybridized carbons (Fsp3) is 0.455. The summed E-state index contributed by atoms with van der Waals surface area (Å²) in [5, 5.41) is 11.0. The normalized spacial score (nSPS) is 11.2. The van der Waals surface area contributed by atoms with Crippen LogP contribution in [0, 0.1) is 10.1 Å². The van der Waals surface area contributed by atoms with Gasteiger partial charge < -0.3 is 10.5 Å². The number of methoxy groups -OCH3 is 1. The van der Waals surface area contributed by atoms with E-state index in [1.165, 1.54) is 7.11 Å². The summed E-state index contributed by atoms with van der Waals surface area (Å²) in [6.07, 6.45) is 0. The van der Waals surface area contributed by atoms with Crippen LogP contribution in [0.15, 0.2) is 18.2 Å². The van der Waals surface area contributed by atoms with Crippen LogP contribution in [0.5, 0.6) is 5.75 Å². The van der Waals surface area contributed by atoms with Crippen molar-refractivity contribution in [2.45, 2.75) is 19.3 Å². The van der Waals surface area contributed by atoms with Gasteiger partial charge in [-0.15, -0.1) is 0 Å². The molecule has 5 nitrogen and oxygen atoms in total. The van der Waals surface area contributed by atoms with Crippen LogP contribution in [0.4, 0.5) is 5.69 Å². The van der Waals surface area contributed by atoms with E-state index in [1.54, 1.807) is 18.2 Å². The lowest BCUT2D eigenvalue weighted by atomic mass is 9.83. The highest BCUT2D eigenvalue weighted by Crippen LogP contribution is 2.37. The Hall–Kier alpha value is -1.62. The molecular weight excluding hydrogens is 208 g/mol. The van der Waals surface area contributed by atoms with Crippen LogP contribution in [-0.4, -0.2) is 18.6 Å². The van der Waals surface area contributed by atoms with Gasteiger partial charge in [-0.25, -0.2) is 0 Å². The Morgan fingerprint density at radius 3 is 2.56 bits per heavy atom. The van der Waals surface area contributed by atoms with E-state index in [0.29, 0.717) is 12.1 Å². The molecule has 0 aliphatic carbocycles. The summed E-state index contributed by atoms with van der Waals surface area (Å²) in [7, 11) is 1.42. The number of hydrogen-bond donors (Lipinski definition) is 1. The van der Waals surface area contributed by atoms with Crippen molar-refractivity contribution in [1.82, 2.24) is 0 Å². The van der Waals surface area contributed by atoms with Crippen molar-refractivity contribution in [3.05, 3.63) is 33.9 Å². The predicted octanol–water partition coefficient (Wildman–Crippen LogP) is 1.84. The third-order valence-corrected chi connectivity index (χ3v) is 2.64. The van der Waals surface area contributed by atoms with E-state index in [9.17, 15) is 10.1 Å². The molecule has 0 amide bonds. The van der Waals surface area contributed by atoms with E-state index in [-0.39, 0.29) is 11.4 Å². The first-order valence-electron chi connectivity index (χ1n) is 4.96. The van der Waals surface area contributed by atoms with E-state index in [2.05, 4.69) is 0 Å². The zero-order valence-electron chi connectivity index (χ0n) is 9.69. The summed E-state index contributed by atoms with van der Waals surface area (Å²) in [5.74, 6) is 0.268. The van der Waals surface area contributed by atoms with Gasteiger partial charge in [0.25, 0.3) is 0 Å². The predicted molar refractivity (Wildman–Crippen MR) is 61.7 cm³/mol. The molecule has 2 N–H and O–H groups in total. The molecule has 0 saturated carbocycles. The number of nitro groups is 1. The van der Waals surface area contributed by atoms with Gasteiger partial charge in [0.1, 0.15) is 0 Å². The highest BCUT2D eigenvalue weighted by atomic mass is 16.6. The number of nitrogens with zero attached hydrogens (tertiary/aromatic N) is 1. The second-order valence-electron chi connectivity index (χ2n) is 4.20. The van der Waals surface area contributed by atoms with E-state index in [1.807, 2.05) is 13.8 Å². The first-order chi connectivity index (χ1) is 7.44. The van der Waals surface area contributed by atoms with Crippen molar-refractivity contribution < 1.29 is 9.66 Å². The van der Waals surface area contributed by atoms with Gasteiger partial charge in [0.2, 0.25) is 0 Å². The minimum Gasteiger partial charge on any atom is -0.490 e. The maximum absolute atomic E-state index is 11.0. The number of rotatable bonds is 4. The zero-order chi connectivity index (χ0) is 12.3. The van der Waals surface area contributed by atoms with Gasteiger partial charge in [-0.1, -0.05) is 26.0 Å². The van der Waals surface area contributed by atoms with Gasteiger partial charge in [-0.2, -0.15) is 0 Å². The molecular formula is C11H16N2O3. The summed E-state index contributed by atoms with van der Waals surface area (Å²) in [6.45, 7) is 4.07. The van der Waals surface area contributed by atoms with Gasteiger partial charge in [0.15, 0.2) is 5.75 Å². The van der Waals surface area contributed by atoms with Crippen LogP contribution in [0.2, 0.25) is 0 Å². The van der Waals surface area contributed by atoms with Crippen molar-refractivity contribution in [3.63, 3.8) is 0 Å². The molecule has 88 valence electrons. The molecule has 0 aliphatic rings. The molecule has 0 heterocycles. The van der Waals surface area contributed by atoms with E-state index < -0.39 is 10.3 Å². The Kier molecular flexibility index (Phi) is 3.49. The first kappa shape index (κ1) is 12.4. The smallest absolute Gasteiger partial charge is 0.314 e. The maximum atomic E-state index is 11.0. The van der Waals surface area contributed by atoms with Crippen molar-refractivity contribution in [2.75, 3.05) is 13.7 Å². The summed E-state index contributed by atoms with van der Waals surface area (Å²) in [6, 6.07) is 5.03. The maximum Gasteiger partial charge on any atom is 0.314 e. The van der Waals surface area contributed by atoms with Gasteiger partial charge in [0.05, 0.1) is 12.0 Å². The van der Waals surface area contributed by atoms with Gasteiger partial charge in [-0.05, 0) is 6.07 Å². The fourth-order valence-electron chi connectivity index (χ4n) is 1.53. The summed E-state index contributed by atoms with van der Waals surface area (Å²) in [5.41, 5.74) is 5.79. The molecule has 1 aromatic rings. The Morgan fingerprint density at radius 1 is 1.50 bits per heavy atom. The molecule has 16 heavy (non-hydrogen) atoms. The Morgan fingerprint density at radius 2 is 2.12 bits per heavy atom. The highest BCUT2D eigenvalue weighted by Gasteiger charge is 2.30. The Balaban J connectivity index is 3.45. The SMILES string of the molecule is COc1cccc(C(C)(C)CN)c1[N+](=O)[O-]. The summed E-state index contributed by atoms with van der Waals surface area (Å²) < 4.78 is 5.00. The van der Waals surface area contributed by atoms with Gasteiger partial charge in [0, 0.05) is 17.5 Å². The lowest BCUT2D eigenvalue weighted by Gasteiger charge is -2.23. The Labute approximate surface area is 94.4 Å². The number of benzene rings is 1. The summed E-state index contributed by atoms with van der Waals surface area (Å²) >= 11 is 0. The molecule has 0 saturated heterocycles. The number of nitrogens with two attached hydrogens (primary N) is 1. The lowest BCUT2D eigenvalue weighted by Crippen LogP contribution is -2.29. The standard InChI is InChI=1S/C11H16N2O3/c1-11(2,7-12)8-5-4-6-9(16-3)10(8)13(14)15/h4-6H,7,12H2,1-3H3. The van der Waals surface area contributed by atoms with Crippen LogP contribution in [0.1, 0.15) is 19.4 Å². The molecule has 5 heteroatoms. The monoisotopic (exact) mass is 224 g/mol. The number of hydrogen-bond acceptors (Lipinski definition) is 4. The average molecular weight is 224 g/mol. The third kappa shape index (κ3) is 2.14. The second kappa shape index (κ2) is 4.49. The van der Waals surface area contributed by atoms with Crippen LogP contribution < -0.4 is 10.5 Å². The second-order valence-corrected chi connectivity index (χ2v) is 4.20. The molecule has 0 unspecified atom stereocenters. The minimum atomic E-state index is -0.447. The zero-order valence-corrected chi connectivity index (χ0v) is 9.69. The quantitative estimate of drug-likeness (QED) is 0.625. The molecule has 0 aliphatic heterocycles. The highest BCUT2D eigenvalue weighted by molar-refractivity contribution is 5.55. The van der Waals surface area contributed by atoms with Crippen LogP contribution in [0.3, 0.4) is 0 Å². The minimum absolute atomic E-state index is 0.000417. The van der Waals surface area contributed by atoms with Gasteiger partial charge in [-0.3, -0.25) is 10.1 Å². The summed E-state index contributed by atoms with van der Waals surface area (Å²) in [4.78, 5) is 10.6. The van der Waals surface area contributed by atoms with Crippen LogP contribution >= 0.6 is 0 Å². The molecule has 0 aromatic heterocycles. The van der Waals surface area contributed by atoms with E-state index in [4.69, 9.17) is 10.5 Å². The largest absolute Gasteiger partial charge is 0.490 e. The van der Waals surface area contributed by atoms with Crippen LogP contribution in [-0.2, 0) is 5.41 Å². The average Bonchev–Trinajstić information content (AvgIpc) is 2.27. The fourth-order valence-corrected chi connectivity index (χ4v) is 1.53. The lowest BCUT2D eigenvalue weighted by molar-refractivity contribution is -0.386. The topological polar surface area (TPSA) is 78.4 Å². The van der Waals surface area contributed by atoms with Crippen molar-refractivity contribution in [1.29, 1.82) is 0 Å². The van der Waals surface area contributed by atoms with E-state index >= 15 is 0 Å². The number of nitro benzene ring substituents is 1. The molecule has 1 aromatic carbocycles. The molecule has 0 atom stereocenters. The van der Waals surface area contributed by atoms with Crippen LogP contribution in [0.25, 0.3) is 0 Å². The molecule has 1 rings (SSSR count). The van der Waals surface area contributed by atoms with Crippen molar-refractivity contribution >= 4 is 5.69 Å². The Bertz CT molecular complexity index is 402. The molecule has 0 spiro atoms.